The summed E-state index contributed by atoms with van der Waals surface area (Å²) in [5, 5.41) is 0. The maximum atomic E-state index is 12.6. The average Bonchev–Trinajstić information content (AvgIpc) is 2.94. The third-order valence-electron chi connectivity index (χ3n) is 3.43. The van der Waals surface area contributed by atoms with Crippen LogP contribution >= 0.6 is 11.6 Å². The van der Waals surface area contributed by atoms with Gasteiger partial charge in [0.15, 0.2) is 0 Å². The summed E-state index contributed by atoms with van der Waals surface area (Å²) in [6, 6.07) is 6.69. The Morgan fingerprint density at radius 2 is 1.95 bits per heavy atom. The predicted molar refractivity (Wildman–Crippen MR) is 75.8 cm³/mol. The maximum absolute atomic E-state index is 12.6. The molecule has 1 aromatic carbocycles. The molecule has 2 aromatic rings. The van der Waals surface area contributed by atoms with E-state index in [0.29, 0.717) is 30.4 Å². The van der Waals surface area contributed by atoms with E-state index in [1.165, 1.54) is 4.31 Å². The molecule has 0 saturated heterocycles. The minimum atomic E-state index is -3.47. The van der Waals surface area contributed by atoms with Crippen molar-refractivity contribution in [3.8, 4) is 0 Å². The molecule has 106 valence electrons. The zero-order valence-electron chi connectivity index (χ0n) is 10.7. The van der Waals surface area contributed by atoms with Gasteiger partial charge >= 0.3 is 0 Å². The molecule has 0 atom stereocenters. The maximum Gasteiger partial charge on any atom is 0.243 e. The highest BCUT2D eigenvalue weighted by atomic mass is 35.5. The zero-order chi connectivity index (χ0) is 14.2. The van der Waals surface area contributed by atoms with E-state index < -0.39 is 10.0 Å². The van der Waals surface area contributed by atoms with Crippen LogP contribution in [0.1, 0.15) is 11.4 Å². The van der Waals surface area contributed by atoms with E-state index in [0.717, 1.165) is 11.4 Å². The van der Waals surface area contributed by atoms with E-state index in [2.05, 4.69) is 4.98 Å². The number of hydrogen-bond donors (Lipinski definition) is 0. The fourth-order valence-electron chi connectivity index (χ4n) is 2.26. The molecular formula is C13H14ClN3O2S. The van der Waals surface area contributed by atoms with Crippen LogP contribution in [0.5, 0.6) is 0 Å². The Morgan fingerprint density at radius 3 is 2.65 bits per heavy atom. The molecular weight excluding hydrogens is 298 g/mol. The number of alkyl halides is 1. The molecule has 0 radical (unpaired) electrons. The summed E-state index contributed by atoms with van der Waals surface area (Å²) in [6.07, 6.45) is 3.56. The van der Waals surface area contributed by atoms with Crippen LogP contribution in [0.25, 0.3) is 0 Å². The summed E-state index contributed by atoms with van der Waals surface area (Å²) in [4.78, 5) is 4.48. The molecule has 0 fully saturated rings. The smallest absolute Gasteiger partial charge is 0.243 e. The predicted octanol–water partition coefficient (Wildman–Crippen LogP) is 1.83. The third-order valence-corrected chi connectivity index (χ3v) is 5.59. The van der Waals surface area contributed by atoms with Gasteiger partial charge in [0.05, 0.1) is 11.4 Å². The average molecular weight is 312 g/mol. The molecule has 0 aliphatic carbocycles. The number of halogens is 1. The van der Waals surface area contributed by atoms with Crippen molar-refractivity contribution in [1.29, 1.82) is 0 Å². The topological polar surface area (TPSA) is 55.2 Å². The van der Waals surface area contributed by atoms with Crippen molar-refractivity contribution in [3.63, 3.8) is 0 Å². The van der Waals surface area contributed by atoms with Gasteiger partial charge < -0.3 is 4.57 Å². The van der Waals surface area contributed by atoms with Gasteiger partial charge in [-0.2, -0.15) is 4.31 Å². The lowest BCUT2D eigenvalue weighted by Gasteiger charge is -2.27. The molecule has 0 unspecified atom stereocenters. The number of imidazole rings is 1. The Morgan fingerprint density at radius 1 is 1.20 bits per heavy atom. The summed E-state index contributed by atoms with van der Waals surface area (Å²) < 4.78 is 28.6. The van der Waals surface area contributed by atoms with Crippen molar-refractivity contribution in [2.45, 2.75) is 23.9 Å². The second-order valence-electron chi connectivity index (χ2n) is 4.65. The van der Waals surface area contributed by atoms with Crippen molar-refractivity contribution in [2.24, 2.45) is 0 Å². The Kier molecular flexibility index (Phi) is 3.54. The van der Waals surface area contributed by atoms with Crippen molar-refractivity contribution in [1.82, 2.24) is 13.9 Å². The summed E-state index contributed by atoms with van der Waals surface area (Å²) in [7, 11) is -3.47. The molecule has 7 heteroatoms. The second kappa shape index (κ2) is 5.20. The molecule has 0 N–H and O–H groups in total. The first-order valence-electron chi connectivity index (χ1n) is 6.26. The zero-order valence-corrected chi connectivity index (χ0v) is 12.3. The van der Waals surface area contributed by atoms with Crippen molar-refractivity contribution in [2.75, 3.05) is 6.54 Å². The molecule has 20 heavy (non-hydrogen) atoms. The first kappa shape index (κ1) is 13.6. The summed E-state index contributed by atoms with van der Waals surface area (Å²) >= 11 is 5.72. The lowest BCUT2D eigenvalue weighted by molar-refractivity contribution is 0.335. The molecule has 0 bridgehead atoms. The minimum absolute atomic E-state index is 0.298. The Hall–Kier alpha value is -1.37. The molecule has 1 aliphatic heterocycles. The molecule has 3 rings (SSSR count). The number of nitrogens with zero attached hydrogens (tertiary/aromatic N) is 3. The quantitative estimate of drug-likeness (QED) is 0.813. The van der Waals surface area contributed by atoms with Gasteiger partial charge in [-0.15, -0.1) is 11.6 Å². The highest BCUT2D eigenvalue weighted by Crippen LogP contribution is 2.21. The van der Waals surface area contributed by atoms with E-state index in [9.17, 15) is 8.42 Å². The van der Waals surface area contributed by atoms with Crippen LogP contribution in [0.3, 0.4) is 0 Å². The van der Waals surface area contributed by atoms with Crippen LogP contribution in [-0.2, 0) is 29.0 Å². The highest BCUT2D eigenvalue weighted by Gasteiger charge is 2.28. The monoisotopic (exact) mass is 311 g/mol. The van der Waals surface area contributed by atoms with Crippen LogP contribution in [0.4, 0.5) is 0 Å². The lowest BCUT2D eigenvalue weighted by Crippen LogP contribution is -2.38. The molecule has 1 aliphatic rings. The Labute approximate surface area is 122 Å². The largest absolute Gasteiger partial charge is 0.333 e. The normalized spacial score (nSPS) is 16.1. The summed E-state index contributed by atoms with van der Waals surface area (Å²) in [5.74, 6) is 1.15. The molecule has 0 amide bonds. The molecule has 2 heterocycles. The van der Waals surface area contributed by atoms with Gasteiger partial charge in [-0.3, -0.25) is 0 Å². The van der Waals surface area contributed by atoms with Gasteiger partial charge in [-0.25, -0.2) is 13.4 Å². The molecule has 5 nitrogen and oxygen atoms in total. The minimum Gasteiger partial charge on any atom is -0.333 e. The highest BCUT2D eigenvalue weighted by molar-refractivity contribution is 7.89. The first-order valence-corrected chi connectivity index (χ1v) is 8.24. The van der Waals surface area contributed by atoms with Gasteiger partial charge in [-0.1, -0.05) is 12.1 Å². The number of sulfonamides is 1. The Balaban J connectivity index is 1.88. The SMILES string of the molecule is O=S(=O)(c1ccc(CCl)cc1)N1CCn2ccnc2C1. The van der Waals surface area contributed by atoms with Gasteiger partial charge in [0.1, 0.15) is 5.82 Å². The van der Waals surface area contributed by atoms with E-state index in [-0.39, 0.29) is 0 Å². The van der Waals surface area contributed by atoms with E-state index in [1.54, 1.807) is 30.5 Å². The van der Waals surface area contributed by atoms with Crippen LogP contribution in [-0.4, -0.2) is 28.8 Å². The number of rotatable bonds is 3. The fourth-order valence-corrected chi connectivity index (χ4v) is 3.82. The van der Waals surface area contributed by atoms with Gasteiger partial charge in [0.25, 0.3) is 0 Å². The number of fused-ring (bicyclic) bond motifs is 1. The first-order chi connectivity index (χ1) is 9.61. The third kappa shape index (κ3) is 2.34. The van der Waals surface area contributed by atoms with Crippen molar-refractivity contribution < 1.29 is 8.42 Å². The molecule has 0 spiro atoms. The van der Waals surface area contributed by atoms with Crippen LogP contribution in [0.15, 0.2) is 41.6 Å². The van der Waals surface area contributed by atoms with Crippen LogP contribution < -0.4 is 0 Å². The summed E-state index contributed by atoms with van der Waals surface area (Å²) in [6.45, 7) is 1.41. The lowest BCUT2D eigenvalue weighted by atomic mass is 10.2. The summed E-state index contributed by atoms with van der Waals surface area (Å²) in [5.41, 5.74) is 0.903. The van der Waals surface area contributed by atoms with Gasteiger partial charge in [0.2, 0.25) is 10.0 Å². The standard InChI is InChI=1S/C13H14ClN3O2S/c14-9-11-1-3-12(4-2-11)20(18,19)17-8-7-16-6-5-15-13(16)10-17/h1-6H,7-10H2. The fraction of sp³-hybridized carbons (Fsp3) is 0.308. The van der Waals surface area contributed by atoms with Crippen LogP contribution in [0, 0.1) is 0 Å². The van der Waals surface area contributed by atoms with Gasteiger partial charge in [-0.05, 0) is 17.7 Å². The van der Waals surface area contributed by atoms with Gasteiger partial charge in [0, 0.05) is 31.4 Å². The van der Waals surface area contributed by atoms with E-state index in [4.69, 9.17) is 11.6 Å². The second-order valence-corrected chi connectivity index (χ2v) is 6.86. The van der Waals surface area contributed by atoms with Crippen molar-refractivity contribution >= 4 is 21.6 Å². The Bertz CT molecular complexity index is 709. The van der Waals surface area contributed by atoms with E-state index >= 15 is 0 Å². The van der Waals surface area contributed by atoms with Crippen molar-refractivity contribution in [3.05, 3.63) is 48.0 Å². The van der Waals surface area contributed by atoms with E-state index in [1.807, 2.05) is 10.8 Å². The molecule has 1 aromatic heterocycles. The van der Waals surface area contributed by atoms with Crippen LogP contribution in [0.2, 0.25) is 0 Å². The number of aromatic nitrogens is 2. The number of hydrogen-bond acceptors (Lipinski definition) is 3. The molecule has 0 saturated carbocycles. The number of benzene rings is 1.